The number of fused-ring (bicyclic) bond motifs is 5. The Morgan fingerprint density at radius 1 is 1.12 bits per heavy atom. The molecule has 0 aromatic carbocycles. The molecule has 0 N–H and O–H groups in total. The summed E-state index contributed by atoms with van der Waals surface area (Å²) >= 11 is 0. The Kier molecular flexibility index (Phi) is 4.44. The van der Waals surface area contributed by atoms with Gasteiger partial charge in [-0.3, -0.25) is 4.79 Å². The zero-order valence-corrected chi connectivity index (χ0v) is 16.9. The number of hydrogen-bond acceptors (Lipinski definition) is 1. The van der Waals surface area contributed by atoms with Crippen LogP contribution in [0, 0.1) is 46.3 Å². The van der Waals surface area contributed by atoms with Crippen LogP contribution >= 0.6 is 0 Å². The van der Waals surface area contributed by atoms with Crippen molar-refractivity contribution in [1.29, 1.82) is 0 Å². The van der Waals surface area contributed by atoms with Gasteiger partial charge in [-0.05, 0) is 90.9 Å². The number of carbonyl (C=O) groups excluding carboxylic acids is 1. The SMILES string of the molecule is CCC[C@@H](C)[C@H]1CC[C@H]2[C@@H]3CCC4CC(=O)C=C[C@]4(C)[C@H]3CC[C@]12C. The van der Waals surface area contributed by atoms with Gasteiger partial charge in [0.1, 0.15) is 0 Å². The molecular weight excluding hydrogens is 304 g/mol. The highest BCUT2D eigenvalue weighted by atomic mass is 16.1. The van der Waals surface area contributed by atoms with E-state index in [1.165, 1.54) is 51.4 Å². The van der Waals surface area contributed by atoms with Crippen molar-refractivity contribution >= 4 is 5.78 Å². The Morgan fingerprint density at radius 2 is 1.92 bits per heavy atom. The van der Waals surface area contributed by atoms with E-state index in [0.717, 1.165) is 36.0 Å². The van der Waals surface area contributed by atoms with Gasteiger partial charge in [0, 0.05) is 6.42 Å². The molecule has 0 aromatic heterocycles. The molecule has 1 unspecified atom stereocenters. The summed E-state index contributed by atoms with van der Waals surface area (Å²) in [6, 6.07) is 0. The van der Waals surface area contributed by atoms with Crippen LogP contribution < -0.4 is 0 Å². The van der Waals surface area contributed by atoms with E-state index >= 15 is 0 Å². The first-order valence-corrected chi connectivity index (χ1v) is 11.1. The number of allylic oxidation sites excluding steroid dienone is 2. The minimum absolute atomic E-state index is 0.297. The summed E-state index contributed by atoms with van der Waals surface area (Å²) in [5.41, 5.74) is 0.887. The van der Waals surface area contributed by atoms with E-state index in [9.17, 15) is 4.79 Å². The third-order valence-corrected chi connectivity index (χ3v) is 9.54. The van der Waals surface area contributed by atoms with E-state index in [4.69, 9.17) is 0 Å². The molecule has 0 heterocycles. The van der Waals surface area contributed by atoms with Crippen LogP contribution in [0.2, 0.25) is 0 Å². The van der Waals surface area contributed by atoms with Gasteiger partial charge in [0.2, 0.25) is 0 Å². The molecule has 8 atom stereocenters. The van der Waals surface area contributed by atoms with Crippen LogP contribution in [0.4, 0.5) is 0 Å². The number of ketones is 1. The molecule has 25 heavy (non-hydrogen) atoms. The molecule has 0 amide bonds. The van der Waals surface area contributed by atoms with Crippen LogP contribution in [0.5, 0.6) is 0 Å². The van der Waals surface area contributed by atoms with Gasteiger partial charge in [-0.1, -0.05) is 46.6 Å². The Bertz CT molecular complexity index is 562. The van der Waals surface area contributed by atoms with Crippen molar-refractivity contribution in [3.05, 3.63) is 12.2 Å². The van der Waals surface area contributed by atoms with Gasteiger partial charge in [-0.2, -0.15) is 0 Å². The van der Waals surface area contributed by atoms with Crippen LogP contribution in [0.3, 0.4) is 0 Å². The van der Waals surface area contributed by atoms with E-state index in [1.807, 2.05) is 6.08 Å². The van der Waals surface area contributed by atoms with Crippen molar-refractivity contribution in [2.24, 2.45) is 46.3 Å². The topological polar surface area (TPSA) is 17.1 Å². The van der Waals surface area contributed by atoms with Crippen molar-refractivity contribution in [1.82, 2.24) is 0 Å². The zero-order valence-electron chi connectivity index (χ0n) is 16.9. The van der Waals surface area contributed by atoms with Gasteiger partial charge in [-0.15, -0.1) is 0 Å². The molecule has 0 bridgehead atoms. The Balaban J connectivity index is 1.60. The lowest BCUT2D eigenvalue weighted by atomic mass is 9.45. The molecule has 1 heteroatoms. The van der Waals surface area contributed by atoms with E-state index in [2.05, 4.69) is 33.8 Å². The van der Waals surface area contributed by atoms with Gasteiger partial charge in [0.05, 0.1) is 0 Å². The third kappa shape index (κ3) is 2.59. The minimum atomic E-state index is 0.297. The lowest BCUT2D eigenvalue weighted by Crippen LogP contribution is -2.52. The monoisotopic (exact) mass is 342 g/mol. The van der Waals surface area contributed by atoms with Crippen molar-refractivity contribution in [3.8, 4) is 0 Å². The van der Waals surface area contributed by atoms with Crippen LogP contribution in [0.1, 0.15) is 85.5 Å². The predicted molar refractivity (Wildman–Crippen MR) is 104 cm³/mol. The number of rotatable bonds is 3. The summed E-state index contributed by atoms with van der Waals surface area (Å²) in [7, 11) is 0. The van der Waals surface area contributed by atoms with Crippen molar-refractivity contribution in [2.75, 3.05) is 0 Å². The first-order chi connectivity index (χ1) is 11.9. The highest BCUT2D eigenvalue weighted by Crippen LogP contribution is 2.67. The van der Waals surface area contributed by atoms with E-state index < -0.39 is 0 Å². The molecule has 3 fully saturated rings. The summed E-state index contributed by atoms with van der Waals surface area (Å²) in [4.78, 5) is 11.9. The normalized spacial score (nSPS) is 50.1. The van der Waals surface area contributed by atoms with E-state index in [0.29, 0.717) is 22.5 Å². The van der Waals surface area contributed by atoms with Crippen LogP contribution in [-0.2, 0) is 4.79 Å². The Morgan fingerprint density at radius 3 is 2.68 bits per heavy atom. The molecule has 0 saturated heterocycles. The number of hydrogen-bond donors (Lipinski definition) is 0. The van der Waals surface area contributed by atoms with E-state index in [1.54, 1.807) is 0 Å². The van der Waals surface area contributed by atoms with Crippen LogP contribution in [0.15, 0.2) is 12.2 Å². The van der Waals surface area contributed by atoms with Gasteiger partial charge in [-0.25, -0.2) is 0 Å². The van der Waals surface area contributed by atoms with Crippen molar-refractivity contribution in [2.45, 2.75) is 85.5 Å². The fourth-order valence-corrected chi connectivity index (χ4v) is 8.27. The van der Waals surface area contributed by atoms with Gasteiger partial charge >= 0.3 is 0 Å². The molecule has 4 rings (SSSR count). The van der Waals surface area contributed by atoms with Crippen molar-refractivity contribution in [3.63, 3.8) is 0 Å². The van der Waals surface area contributed by atoms with E-state index in [-0.39, 0.29) is 0 Å². The fourth-order valence-electron chi connectivity index (χ4n) is 8.27. The summed E-state index contributed by atoms with van der Waals surface area (Å²) in [6.45, 7) is 10.0. The summed E-state index contributed by atoms with van der Waals surface area (Å²) < 4.78 is 0. The summed E-state index contributed by atoms with van der Waals surface area (Å²) in [5.74, 6) is 5.52. The maximum atomic E-state index is 11.9. The molecule has 0 spiro atoms. The van der Waals surface area contributed by atoms with Gasteiger partial charge in [0.15, 0.2) is 5.78 Å². The molecule has 0 aromatic rings. The highest BCUT2D eigenvalue weighted by molar-refractivity contribution is 5.91. The Labute approximate surface area is 155 Å². The molecule has 0 radical (unpaired) electrons. The zero-order chi connectivity index (χ0) is 17.8. The smallest absolute Gasteiger partial charge is 0.155 e. The molecule has 3 saturated carbocycles. The summed E-state index contributed by atoms with van der Waals surface area (Å²) in [6.07, 6.45) is 16.3. The molecule has 4 aliphatic rings. The molecule has 140 valence electrons. The first kappa shape index (κ1) is 17.8. The van der Waals surface area contributed by atoms with Gasteiger partial charge < -0.3 is 0 Å². The predicted octanol–water partition coefficient (Wildman–Crippen LogP) is 6.43. The first-order valence-electron chi connectivity index (χ1n) is 11.1. The minimum Gasteiger partial charge on any atom is -0.295 e. The Hall–Kier alpha value is -0.590. The largest absolute Gasteiger partial charge is 0.295 e. The third-order valence-electron chi connectivity index (χ3n) is 9.54. The average molecular weight is 343 g/mol. The van der Waals surface area contributed by atoms with Crippen molar-refractivity contribution < 1.29 is 4.79 Å². The second kappa shape index (κ2) is 6.24. The second-order valence-electron chi connectivity index (χ2n) is 10.5. The average Bonchev–Trinajstić information content (AvgIpc) is 2.93. The highest BCUT2D eigenvalue weighted by Gasteiger charge is 2.59. The standard InChI is InChI=1S/C24H38O/c1-5-6-16(2)20-9-10-21-19-8-7-17-15-18(25)11-13-23(17,3)22(19)12-14-24(20,21)4/h11,13,16-17,19-22H,5-10,12,14-15H2,1-4H3/t16-,17?,19+,20-,21+,22+,23+,24-/m1/s1. The number of carbonyl (C=O) groups is 1. The quantitative estimate of drug-likeness (QED) is 0.578. The maximum absolute atomic E-state index is 11.9. The molecule has 1 nitrogen and oxygen atoms in total. The molecular formula is C24H38O. The van der Waals surface area contributed by atoms with Crippen LogP contribution in [0.25, 0.3) is 0 Å². The van der Waals surface area contributed by atoms with Gasteiger partial charge in [0.25, 0.3) is 0 Å². The fraction of sp³-hybridized carbons (Fsp3) is 0.875. The van der Waals surface area contributed by atoms with Crippen LogP contribution in [-0.4, -0.2) is 5.78 Å². The molecule has 0 aliphatic heterocycles. The maximum Gasteiger partial charge on any atom is 0.155 e. The lowest BCUT2D eigenvalue weighted by molar-refractivity contribution is -0.122. The second-order valence-corrected chi connectivity index (χ2v) is 10.5. The molecule has 4 aliphatic carbocycles. The summed E-state index contributed by atoms with van der Waals surface area (Å²) in [5, 5.41) is 0. The lowest BCUT2D eigenvalue weighted by Gasteiger charge is -2.59.